The van der Waals surface area contributed by atoms with Gasteiger partial charge in [-0.1, -0.05) is 12.1 Å². The fraction of sp³-hybridized carbons (Fsp3) is 0.400. The Kier molecular flexibility index (Phi) is 4.23. The summed E-state index contributed by atoms with van der Waals surface area (Å²) in [6, 6.07) is 4.44. The van der Waals surface area contributed by atoms with Crippen molar-refractivity contribution in [3.8, 4) is 5.75 Å². The van der Waals surface area contributed by atoms with Gasteiger partial charge >= 0.3 is 15.6 Å². The minimum absolute atomic E-state index is 0.307. The molecule has 0 aromatic heterocycles. The Hall–Kier alpha value is -1.28. The lowest BCUT2D eigenvalue weighted by Gasteiger charge is -2.10. The molecule has 0 aliphatic carbocycles. The van der Waals surface area contributed by atoms with Gasteiger partial charge in [0, 0.05) is 0 Å². The molecule has 0 fully saturated rings. The Morgan fingerprint density at radius 1 is 1.28 bits per heavy atom. The summed E-state index contributed by atoms with van der Waals surface area (Å²) in [5, 5.41) is 0. The average Bonchev–Trinajstić information content (AvgIpc) is 2.25. The highest BCUT2D eigenvalue weighted by molar-refractivity contribution is 7.87. The standard InChI is InChI=1S/C10H11F3O4S/c1-7-5-8(3-4-9(7)16-2)6-17-18(14,15)10(11,12)13/h3-5H,6H2,1-2H3. The first-order valence-electron chi connectivity index (χ1n) is 4.76. The number of alkyl halides is 3. The van der Waals surface area contributed by atoms with E-state index in [0.29, 0.717) is 16.9 Å². The van der Waals surface area contributed by atoms with Gasteiger partial charge in [-0.05, 0) is 24.1 Å². The second kappa shape index (κ2) is 5.15. The third kappa shape index (κ3) is 3.36. The summed E-state index contributed by atoms with van der Waals surface area (Å²) in [6.07, 6.45) is 0. The maximum Gasteiger partial charge on any atom is 0.523 e. The molecule has 0 saturated carbocycles. The SMILES string of the molecule is COc1ccc(COS(=O)(=O)C(F)(F)F)cc1C. The molecule has 1 aromatic rings. The van der Waals surface area contributed by atoms with E-state index >= 15 is 0 Å². The van der Waals surface area contributed by atoms with Gasteiger partial charge in [-0.3, -0.25) is 4.18 Å². The molecular weight excluding hydrogens is 273 g/mol. The largest absolute Gasteiger partial charge is 0.523 e. The smallest absolute Gasteiger partial charge is 0.496 e. The third-order valence-electron chi connectivity index (χ3n) is 2.12. The highest BCUT2D eigenvalue weighted by Gasteiger charge is 2.47. The van der Waals surface area contributed by atoms with E-state index in [1.165, 1.54) is 25.3 Å². The Balaban J connectivity index is 2.79. The molecule has 0 heterocycles. The number of ether oxygens (including phenoxy) is 1. The lowest BCUT2D eigenvalue weighted by Crippen LogP contribution is -2.25. The van der Waals surface area contributed by atoms with Crippen LogP contribution in [0.4, 0.5) is 13.2 Å². The summed E-state index contributed by atoms with van der Waals surface area (Å²) < 4.78 is 66.2. The van der Waals surface area contributed by atoms with E-state index < -0.39 is 22.2 Å². The van der Waals surface area contributed by atoms with Crippen molar-refractivity contribution in [2.24, 2.45) is 0 Å². The van der Waals surface area contributed by atoms with Gasteiger partial charge in [-0.25, -0.2) is 0 Å². The Bertz CT molecular complexity index is 522. The molecule has 102 valence electrons. The third-order valence-corrected chi connectivity index (χ3v) is 3.12. The van der Waals surface area contributed by atoms with Gasteiger partial charge in [0.2, 0.25) is 0 Å². The van der Waals surface area contributed by atoms with E-state index in [-0.39, 0.29) is 0 Å². The van der Waals surface area contributed by atoms with Crippen LogP contribution < -0.4 is 4.74 Å². The number of benzene rings is 1. The number of hydrogen-bond acceptors (Lipinski definition) is 4. The minimum atomic E-state index is -5.56. The number of aryl methyl sites for hydroxylation is 1. The first-order chi connectivity index (χ1) is 8.17. The summed E-state index contributed by atoms with van der Waals surface area (Å²) in [5.41, 5.74) is -4.43. The van der Waals surface area contributed by atoms with Crippen molar-refractivity contribution in [3.63, 3.8) is 0 Å². The summed E-state index contributed by atoms with van der Waals surface area (Å²) >= 11 is 0. The van der Waals surface area contributed by atoms with Crippen LogP contribution in [0, 0.1) is 6.92 Å². The van der Waals surface area contributed by atoms with Crippen LogP contribution in [0.3, 0.4) is 0 Å². The second-order valence-electron chi connectivity index (χ2n) is 3.47. The summed E-state index contributed by atoms with van der Waals surface area (Å²) in [5.74, 6) is 0.553. The Morgan fingerprint density at radius 3 is 2.33 bits per heavy atom. The molecule has 0 amide bonds. The molecule has 8 heteroatoms. The quantitative estimate of drug-likeness (QED) is 0.629. The first-order valence-corrected chi connectivity index (χ1v) is 6.17. The molecule has 18 heavy (non-hydrogen) atoms. The monoisotopic (exact) mass is 284 g/mol. The summed E-state index contributed by atoms with van der Waals surface area (Å²) in [6.45, 7) is 1.01. The zero-order chi connectivity index (χ0) is 14.0. The molecule has 0 spiro atoms. The molecule has 0 unspecified atom stereocenters. The predicted molar refractivity (Wildman–Crippen MR) is 57.5 cm³/mol. The molecule has 0 bridgehead atoms. The molecule has 0 radical (unpaired) electrons. The lowest BCUT2D eigenvalue weighted by molar-refractivity contribution is -0.0547. The van der Waals surface area contributed by atoms with Crippen molar-refractivity contribution in [2.45, 2.75) is 19.0 Å². The van der Waals surface area contributed by atoms with Crippen LogP contribution in [0.2, 0.25) is 0 Å². The highest BCUT2D eigenvalue weighted by atomic mass is 32.2. The molecule has 1 aromatic carbocycles. The molecule has 1 rings (SSSR count). The van der Waals surface area contributed by atoms with Gasteiger partial charge in [-0.2, -0.15) is 21.6 Å². The van der Waals surface area contributed by atoms with Gasteiger partial charge in [0.1, 0.15) is 5.75 Å². The summed E-state index contributed by atoms with van der Waals surface area (Å²) in [4.78, 5) is 0. The fourth-order valence-corrected chi connectivity index (χ4v) is 1.67. The highest BCUT2D eigenvalue weighted by Crippen LogP contribution is 2.26. The van der Waals surface area contributed by atoms with E-state index in [4.69, 9.17) is 4.74 Å². The van der Waals surface area contributed by atoms with Crippen molar-refractivity contribution in [3.05, 3.63) is 29.3 Å². The van der Waals surface area contributed by atoms with Gasteiger partial charge in [-0.15, -0.1) is 0 Å². The van der Waals surface area contributed by atoms with E-state index in [0.717, 1.165) is 0 Å². The molecule has 0 N–H and O–H groups in total. The lowest BCUT2D eigenvalue weighted by atomic mass is 10.1. The fourth-order valence-electron chi connectivity index (χ4n) is 1.24. The second-order valence-corrected chi connectivity index (χ2v) is 5.07. The summed E-state index contributed by atoms with van der Waals surface area (Å²) in [7, 11) is -4.10. The number of methoxy groups -OCH3 is 1. The van der Waals surface area contributed by atoms with Gasteiger partial charge in [0.25, 0.3) is 0 Å². The van der Waals surface area contributed by atoms with Crippen LogP contribution >= 0.6 is 0 Å². The maximum absolute atomic E-state index is 12.0. The van der Waals surface area contributed by atoms with Crippen molar-refractivity contribution in [1.82, 2.24) is 0 Å². The van der Waals surface area contributed by atoms with Crippen LogP contribution in [0.1, 0.15) is 11.1 Å². The van der Waals surface area contributed by atoms with Gasteiger partial charge in [0.15, 0.2) is 0 Å². The maximum atomic E-state index is 12.0. The Labute approximate surface area is 102 Å². The minimum Gasteiger partial charge on any atom is -0.496 e. The van der Waals surface area contributed by atoms with Crippen LogP contribution in [0.15, 0.2) is 18.2 Å². The van der Waals surface area contributed by atoms with Crippen molar-refractivity contribution in [2.75, 3.05) is 7.11 Å². The van der Waals surface area contributed by atoms with E-state index in [1.54, 1.807) is 6.92 Å². The molecule has 0 aliphatic rings. The van der Waals surface area contributed by atoms with E-state index in [9.17, 15) is 21.6 Å². The van der Waals surface area contributed by atoms with Crippen molar-refractivity contribution in [1.29, 1.82) is 0 Å². The van der Waals surface area contributed by atoms with Crippen LogP contribution in [0.5, 0.6) is 5.75 Å². The normalized spacial score (nSPS) is 12.5. The topological polar surface area (TPSA) is 52.6 Å². The first kappa shape index (κ1) is 14.8. The van der Waals surface area contributed by atoms with Crippen molar-refractivity contribution < 1.29 is 30.5 Å². The van der Waals surface area contributed by atoms with E-state index in [1.807, 2.05) is 0 Å². The van der Waals surface area contributed by atoms with Crippen LogP contribution in [0.25, 0.3) is 0 Å². The molecule has 0 aliphatic heterocycles. The number of rotatable bonds is 4. The zero-order valence-electron chi connectivity index (χ0n) is 9.61. The molecular formula is C10H11F3O4S. The Morgan fingerprint density at radius 2 is 1.89 bits per heavy atom. The molecule has 0 atom stereocenters. The van der Waals surface area contributed by atoms with Crippen LogP contribution in [-0.2, 0) is 20.9 Å². The molecule has 4 nitrogen and oxygen atoms in total. The van der Waals surface area contributed by atoms with E-state index in [2.05, 4.69) is 4.18 Å². The van der Waals surface area contributed by atoms with Gasteiger partial charge in [0.05, 0.1) is 13.7 Å². The number of hydrogen-bond donors (Lipinski definition) is 0. The van der Waals surface area contributed by atoms with Crippen molar-refractivity contribution >= 4 is 10.1 Å². The molecule has 0 saturated heterocycles. The number of halogens is 3. The van der Waals surface area contributed by atoms with Gasteiger partial charge < -0.3 is 4.74 Å². The predicted octanol–water partition coefficient (Wildman–Crippen LogP) is 2.37. The van der Waals surface area contributed by atoms with Crippen LogP contribution in [-0.4, -0.2) is 21.0 Å². The average molecular weight is 284 g/mol. The zero-order valence-corrected chi connectivity index (χ0v) is 10.4.